The van der Waals surface area contributed by atoms with Crippen molar-refractivity contribution in [3.05, 3.63) is 65.7 Å². The molecule has 0 bridgehead atoms. The summed E-state index contributed by atoms with van der Waals surface area (Å²) in [7, 11) is 1.54. The molecule has 0 aromatic heterocycles. The van der Waals surface area contributed by atoms with Crippen LogP contribution in [-0.4, -0.2) is 32.2 Å². The van der Waals surface area contributed by atoms with E-state index in [-0.39, 0.29) is 12.5 Å². The van der Waals surface area contributed by atoms with Crippen molar-refractivity contribution in [2.45, 2.75) is 12.8 Å². The van der Waals surface area contributed by atoms with E-state index in [1.165, 1.54) is 0 Å². The number of methoxy groups -OCH3 is 1. The van der Waals surface area contributed by atoms with Gasteiger partial charge >= 0.3 is 5.97 Å². The number of hydrogen-bond acceptors (Lipinski definition) is 4. The van der Waals surface area contributed by atoms with Crippen molar-refractivity contribution >= 4 is 17.6 Å². The second-order valence-corrected chi connectivity index (χ2v) is 5.24. The Kier molecular flexibility index (Phi) is 6.98. The fourth-order valence-corrected chi connectivity index (χ4v) is 2.12. The summed E-state index contributed by atoms with van der Waals surface area (Å²) in [4.78, 5) is 23.7. The lowest BCUT2D eigenvalue weighted by Gasteiger charge is -2.07. The number of nitrogens with one attached hydrogen (secondary N) is 1. The number of rotatable bonds is 8. The van der Waals surface area contributed by atoms with Crippen LogP contribution in [0.5, 0.6) is 0 Å². The minimum Gasteiger partial charge on any atom is -0.460 e. The molecule has 1 N–H and O–H groups in total. The Bertz CT molecular complexity index is 653. The molecule has 126 valence electrons. The van der Waals surface area contributed by atoms with Crippen LogP contribution in [0.25, 0.3) is 0 Å². The molecule has 0 saturated carbocycles. The van der Waals surface area contributed by atoms with Crippen molar-refractivity contribution in [2.24, 2.45) is 0 Å². The summed E-state index contributed by atoms with van der Waals surface area (Å²) >= 11 is 0. The van der Waals surface area contributed by atoms with Gasteiger partial charge in [0.15, 0.2) is 0 Å². The van der Waals surface area contributed by atoms with Gasteiger partial charge in [0, 0.05) is 19.2 Å². The summed E-state index contributed by atoms with van der Waals surface area (Å²) < 4.78 is 9.85. The second-order valence-electron chi connectivity index (χ2n) is 5.24. The molecular formula is C19H21NO4. The maximum atomic E-state index is 12.0. The molecule has 0 atom stereocenters. The Morgan fingerprint density at radius 3 is 2.33 bits per heavy atom. The van der Waals surface area contributed by atoms with Crippen LogP contribution in [0.4, 0.5) is 5.69 Å². The molecule has 2 aromatic rings. The van der Waals surface area contributed by atoms with E-state index < -0.39 is 5.97 Å². The molecule has 2 aromatic carbocycles. The summed E-state index contributed by atoms with van der Waals surface area (Å²) in [6.07, 6.45) is 1.10. The first kappa shape index (κ1) is 17.7. The molecule has 5 heteroatoms. The fraction of sp³-hybridized carbons (Fsp3) is 0.263. The number of amides is 1. The van der Waals surface area contributed by atoms with E-state index in [1.54, 1.807) is 31.4 Å². The molecule has 0 unspecified atom stereocenters. The topological polar surface area (TPSA) is 64.6 Å². The lowest BCUT2D eigenvalue weighted by Crippen LogP contribution is -2.13. The number of carbonyl (C=O) groups is 2. The average molecular weight is 327 g/mol. The standard InChI is InChI=1S/C19H21NO4/c1-23-13-14-24-19(22)16-8-10-17(11-9-16)20-18(21)12-7-15-5-3-2-4-6-15/h2-6,8-11H,7,12-14H2,1H3,(H,20,21). The van der Waals surface area contributed by atoms with Crippen LogP contribution in [0.1, 0.15) is 22.3 Å². The van der Waals surface area contributed by atoms with E-state index in [0.29, 0.717) is 30.7 Å². The van der Waals surface area contributed by atoms with Gasteiger partial charge in [-0.25, -0.2) is 4.79 Å². The van der Waals surface area contributed by atoms with Crippen molar-refractivity contribution in [1.29, 1.82) is 0 Å². The number of esters is 1. The van der Waals surface area contributed by atoms with Gasteiger partial charge in [0.25, 0.3) is 0 Å². The van der Waals surface area contributed by atoms with Crippen molar-refractivity contribution in [3.63, 3.8) is 0 Å². The van der Waals surface area contributed by atoms with Gasteiger partial charge in [0.05, 0.1) is 12.2 Å². The minimum atomic E-state index is -0.408. The van der Waals surface area contributed by atoms with Gasteiger partial charge in [0.2, 0.25) is 5.91 Å². The quantitative estimate of drug-likeness (QED) is 0.598. The Labute approximate surface area is 141 Å². The molecule has 5 nitrogen and oxygen atoms in total. The first-order valence-corrected chi connectivity index (χ1v) is 7.79. The van der Waals surface area contributed by atoms with Crippen LogP contribution in [0, 0.1) is 0 Å². The molecule has 0 aliphatic heterocycles. The Hall–Kier alpha value is -2.66. The van der Waals surface area contributed by atoms with Crippen molar-refractivity contribution < 1.29 is 19.1 Å². The van der Waals surface area contributed by atoms with Gasteiger partial charge in [-0.3, -0.25) is 4.79 Å². The summed E-state index contributed by atoms with van der Waals surface area (Å²) in [6.45, 7) is 0.578. The largest absolute Gasteiger partial charge is 0.460 e. The third kappa shape index (κ3) is 5.85. The Morgan fingerprint density at radius 1 is 0.958 bits per heavy atom. The SMILES string of the molecule is COCCOC(=O)c1ccc(NC(=O)CCc2ccccc2)cc1. The highest BCUT2D eigenvalue weighted by molar-refractivity contribution is 5.93. The van der Waals surface area contributed by atoms with Crippen LogP contribution in [0.3, 0.4) is 0 Å². The van der Waals surface area contributed by atoms with E-state index in [9.17, 15) is 9.59 Å². The smallest absolute Gasteiger partial charge is 0.338 e. The van der Waals surface area contributed by atoms with Crippen molar-refractivity contribution in [3.8, 4) is 0 Å². The summed E-state index contributed by atoms with van der Waals surface area (Å²) in [5.74, 6) is -0.469. The molecular weight excluding hydrogens is 306 g/mol. The molecule has 0 heterocycles. The van der Waals surface area contributed by atoms with Gasteiger partial charge < -0.3 is 14.8 Å². The van der Waals surface area contributed by atoms with Crippen LogP contribution < -0.4 is 5.32 Å². The summed E-state index contributed by atoms with van der Waals surface area (Å²) in [6, 6.07) is 16.5. The predicted octanol–water partition coefficient (Wildman–Crippen LogP) is 3.06. The third-order valence-electron chi connectivity index (χ3n) is 3.41. The van der Waals surface area contributed by atoms with Crippen LogP contribution in [0.15, 0.2) is 54.6 Å². The van der Waals surface area contributed by atoms with Crippen LogP contribution in [-0.2, 0) is 20.7 Å². The zero-order chi connectivity index (χ0) is 17.2. The zero-order valence-corrected chi connectivity index (χ0v) is 13.7. The van der Waals surface area contributed by atoms with Gasteiger partial charge in [-0.2, -0.15) is 0 Å². The lowest BCUT2D eigenvalue weighted by molar-refractivity contribution is -0.116. The highest BCUT2D eigenvalue weighted by Crippen LogP contribution is 2.12. The van der Waals surface area contributed by atoms with E-state index in [1.807, 2.05) is 30.3 Å². The maximum absolute atomic E-state index is 12.0. The molecule has 0 saturated heterocycles. The fourth-order valence-electron chi connectivity index (χ4n) is 2.12. The normalized spacial score (nSPS) is 10.2. The van der Waals surface area contributed by atoms with E-state index in [2.05, 4.69) is 5.32 Å². The Balaban J connectivity index is 1.80. The number of aryl methyl sites for hydroxylation is 1. The van der Waals surface area contributed by atoms with Crippen molar-refractivity contribution in [2.75, 3.05) is 25.6 Å². The number of ether oxygens (including phenoxy) is 2. The monoisotopic (exact) mass is 327 g/mol. The Morgan fingerprint density at radius 2 is 1.67 bits per heavy atom. The molecule has 0 spiro atoms. The van der Waals surface area contributed by atoms with Gasteiger partial charge in [0.1, 0.15) is 6.61 Å². The summed E-state index contributed by atoms with van der Waals surface area (Å²) in [5.41, 5.74) is 2.22. The summed E-state index contributed by atoms with van der Waals surface area (Å²) in [5, 5.41) is 2.82. The van der Waals surface area contributed by atoms with Crippen LogP contribution in [0.2, 0.25) is 0 Å². The molecule has 1 amide bonds. The number of carbonyl (C=O) groups excluding carboxylic acids is 2. The van der Waals surface area contributed by atoms with Gasteiger partial charge in [-0.15, -0.1) is 0 Å². The van der Waals surface area contributed by atoms with E-state index in [0.717, 1.165) is 5.56 Å². The number of benzene rings is 2. The number of anilines is 1. The van der Waals surface area contributed by atoms with Gasteiger partial charge in [-0.05, 0) is 36.2 Å². The van der Waals surface area contributed by atoms with E-state index >= 15 is 0 Å². The second kappa shape index (κ2) is 9.47. The molecule has 0 radical (unpaired) electrons. The molecule has 24 heavy (non-hydrogen) atoms. The first-order valence-electron chi connectivity index (χ1n) is 7.79. The predicted molar refractivity (Wildman–Crippen MR) is 92.0 cm³/mol. The van der Waals surface area contributed by atoms with E-state index in [4.69, 9.17) is 9.47 Å². The molecule has 0 fully saturated rings. The average Bonchev–Trinajstić information content (AvgIpc) is 2.61. The lowest BCUT2D eigenvalue weighted by atomic mass is 10.1. The molecule has 2 rings (SSSR count). The molecule has 0 aliphatic carbocycles. The van der Waals surface area contributed by atoms with Gasteiger partial charge in [-0.1, -0.05) is 30.3 Å². The minimum absolute atomic E-state index is 0.0609. The first-order chi connectivity index (χ1) is 11.7. The van der Waals surface area contributed by atoms with Crippen LogP contribution >= 0.6 is 0 Å². The van der Waals surface area contributed by atoms with Crippen molar-refractivity contribution in [1.82, 2.24) is 0 Å². The maximum Gasteiger partial charge on any atom is 0.338 e. The molecule has 0 aliphatic rings. The third-order valence-corrected chi connectivity index (χ3v) is 3.41. The highest BCUT2D eigenvalue weighted by atomic mass is 16.6. The zero-order valence-electron chi connectivity index (χ0n) is 13.7. The highest BCUT2D eigenvalue weighted by Gasteiger charge is 2.08. The number of hydrogen-bond donors (Lipinski definition) is 1.